The minimum atomic E-state index is -0.0891. The van der Waals surface area contributed by atoms with E-state index in [1.165, 1.54) is 77.7 Å². The van der Waals surface area contributed by atoms with E-state index in [-0.39, 0.29) is 5.97 Å². The Labute approximate surface area is 144 Å². The van der Waals surface area contributed by atoms with Gasteiger partial charge in [-0.25, -0.2) is 0 Å². The van der Waals surface area contributed by atoms with Crippen LogP contribution in [-0.2, 0) is 9.53 Å². The van der Waals surface area contributed by atoms with Crippen molar-refractivity contribution in [2.75, 3.05) is 7.11 Å². The van der Waals surface area contributed by atoms with Crippen LogP contribution in [0, 0.1) is 0 Å². The first-order chi connectivity index (χ1) is 11.3. The minimum absolute atomic E-state index is 0.0891. The zero-order valence-electron chi connectivity index (χ0n) is 15.6. The molecule has 0 bridgehead atoms. The molecule has 0 aromatic carbocycles. The summed E-state index contributed by atoms with van der Waals surface area (Å²) in [6, 6.07) is 0. The number of carbonyl (C=O) groups excluding carboxylic acids is 1. The highest BCUT2D eigenvalue weighted by molar-refractivity contribution is 5.68. The van der Waals surface area contributed by atoms with Crippen molar-refractivity contribution in [3.05, 3.63) is 17.9 Å². The Kier molecular flexibility index (Phi) is 18.2. The highest BCUT2D eigenvalue weighted by Gasteiger charge is 1.98. The Morgan fingerprint density at radius 2 is 1.26 bits per heavy atom. The normalized spacial score (nSPS) is 10.2. The Morgan fingerprint density at radius 1 is 0.783 bits per heavy atom. The molecule has 0 aromatic heterocycles. The molecule has 0 saturated carbocycles. The van der Waals surface area contributed by atoms with Gasteiger partial charge in [0.25, 0.3) is 0 Å². The van der Waals surface area contributed by atoms with Crippen LogP contribution < -0.4 is 0 Å². The quantitative estimate of drug-likeness (QED) is 0.179. The van der Waals surface area contributed by atoms with Crippen molar-refractivity contribution in [3.63, 3.8) is 0 Å². The number of methoxy groups -OCH3 is 1. The molecule has 2 nitrogen and oxygen atoms in total. The van der Waals surface area contributed by atoms with Gasteiger partial charge in [-0.15, -0.1) is 5.73 Å². The Bertz CT molecular complexity index is 314. The fourth-order valence-electron chi connectivity index (χ4n) is 2.60. The number of carbonyl (C=O) groups is 1. The maximum Gasteiger partial charge on any atom is 0.305 e. The zero-order valence-corrected chi connectivity index (χ0v) is 15.6. The van der Waals surface area contributed by atoms with Crippen molar-refractivity contribution in [1.29, 1.82) is 0 Å². The van der Waals surface area contributed by atoms with E-state index in [9.17, 15) is 4.79 Å². The van der Waals surface area contributed by atoms with E-state index >= 15 is 0 Å². The zero-order chi connectivity index (χ0) is 17.0. The highest BCUT2D eigenvalue weighted by Crippen LogP contribution is 2.10. The van der Waals surface area contributed by atoms with E-state index in [0.717, 1.165) is 19.3 Å². The van der Waals surface area contributed by atoms with Gasteiger partial charge in [-0.3, -0.25) is 4.79 Å². The van der Waals surface area contributed by atoms with E-state index in [2.05, 4.69) is 29.5 Å². The molecular formula is C21H38O2. The van der Waals surface area contributed by atoms with Crippen LogP contribution in [0.25, 0.3) is 0 Å². The standard InChI is InChI=1S/C21H38O2/c1-3-4-5-6-7-8-9-10-11-12-13-14-15-16-17-18-19-20-21(22)23-2/h12,14H,3-11,15-20H2,1-2H3. The molecule has 0 heterocycles. The molecule has 0 rings (SSSR count). The summed E-state index contributed by atoms with van der Waals surface area (Å²) in [6.45, 7) is 2.27. The lowest BCUT2D eigenvalue weighted by atomic mass is 10.1. The number of hydrogen-bond donors (Lipinski definition) is 0. The maximum atomic E-state index is 10.9. The van der Waals surface area contributed by atoms with Crippen molar-refractivity contribution in [2.24, 2.45) is 0 Å². The Hall–Kier alpha value is -1.01. The number of rotatable bonds is 16. The van der Waals surface area contributed by atoms with Crippen LogP contribution in [0.4, 0.5) is 0 Å². The molecular weight excluding hydrogens is 284 g/mol. The molecule has 0 aromatic rings. The number of hydrogen-bond acceptors (Lipinski definition) is 2. The van der Waals surface area contributed by atoms with E-state index in [0.29, 0.717) is 6.42 Å². The third-order valence-electron chi connectivity index (χ3n) is 4.14. The summed E-state index contributed by atoms with van der Waals surface area (Å²) < 4.78 is 4.62. The largest absolute Gasteiger partial charge is 0.469 e. The van der Waals surface area contributed by atoms with E-state index in [1.807, 2.05) is 0 Å². The fraction of sp³-hybridized carbons (Fsp3) is 0.810. The second kappa shape index (κ2) is 19.0. The van der Waals surface area contributed by atoms with E-state index in [4.69, 9.17) is 0 Å². The molecule has 0 unspecified atom stereocenters. The summed E-state index contributed by atoms with van der Waals surface area (Å²) in [4.78, 5) is 10.9. The molecule has 2 heteroatoms. The molecule has 0 radical (unpaired) electrons. The van der Waals surface area contributed by atoms with Crippen molar-refractivity contribution < 1.29 is 9.53 Å². The van der Waals surface area contributed by atoms with Gasteiger partial charge in [-0.1, -0.05) is 64.7 Å². The molecule has 134 valence electrons. The molecule has 0 aliphatic carbocycles. The minimum Gasteiger partial charge on any atom is -0.469 e. The first kappa shape index (κ1) is 22.0. The van der Waals surface area contributed by atoms with E-state index < -0.39 is 0 Å². The monoisotopic (exact) mass is 322 g/mol. The van der Waals surface area contributed by atoms with Crippen molar-refractivity contribution in [2.45, 2.75) is 103 Å². The molecule has 0 fully saturated rings. The average Bonchev–Trinajstić information content (AvgIpc) is 2.57. The average molecular weight is 323 g/mol. The lowest BCUT2D eigenvalue weighted by molar-refractivity contribution is -0.140. The first-order valence-corrected chi connectivity index (χ1v) is 9.77. The molecule has 0 N–H and O–H groups in total. The predicted molar refractivity (Wildman–Crippen MR) is 99.6 cm³/mol. The van der Waals surface area contributed by atoms with Crippen LogP contribution >= 0.6 is 0 Å². The molecule has 0 spiro atoms. The summed E-state index contributed by atoms with van der Waals surface area (Å²) >= 11 is 0. The van der Waals surface area contributed by atoms with Crippen LogP contribution in [0.5, 0.6) is 0 Å². The second-order valence-electron chi connectivity index (χ2n) is 6.37. The third kappa shape index (κ3) is 18.9. The van der Waals surface area contributed by atoms with Gasteiger partial charge in [0, 0.05) is 6.42 Å². The van der Waals surface area contributed by atoms with Crippen molar-refractivity contribution in [1.82, 2.24) is 0 Å². The molecule has 0 aliphatic rings. The van der Waals surface area contributed by atoms with Crippen LogP contribution in [0.15, 0.2) is 17.9 Å². The summed E-state index contributed by atoms with van der Waals surface area (Å²) in [5.41, 5.74) is 3.30. The van der Waals surface area contributed by atoms with Gasteiger partial charge in [-0.05, 0) is 44.3 Å². The highest BCUT2D eigenvalue weighted by atomic mass is 16.5. The smallest absolute Gasteiger partial charge is 0.305 e. The summed E-state index contributed by atoms with van der Waals surface area (Å²) in [5, 5.41) is 0. The molecule has 0 amide bonds. The lowest BCUT2D eigenvalue weighted by Crippen LogP contribution is -1.98. The SMILES string of the molecule is CCCCCCCCCCC=C=CCCCCCCC(=O)OC. The van der Waals surface area contributed by atoms with Crippen molar-refractivity contribution in [3.8, 4) is 0 Å². The first-order valence-electron chi connectivity index (χ1n) is 9.77. The Morgan fingerprint density at radius 3 is 1.78 bits per heavy atom. The molecule has 0 aliphatic heterocycles. The molecule has 0 atom stereocenters. The van der Waals surface area contributed by atoms with Gasteiger partial charge >= 0.3 is 5.97 Å². The topological polar surface area (TPSA) is 26.3 Å². The van der Waals surface area contributed by atoms with Crippen LogP contribution in [0.1, 0.15) is 103 Å². The van der Waals surface area contributed by atoms with Crippen LogP contribution in [0.2, 0.25) is 0 Å². The lowest BCUT2D eigenvalue weighted by Gasteiger charge is -1.99. The van der Waals surface area contributed by atoms with Gasteiger partial charge in [-0.2, -0.15) is 0 Å². The van der Waals surface area contributed by atoms with Gasteiger partial charge in [0.1, 0.15) is 0 Å². The number of ether oxygens (including phenoxy) is 1. The third-order valence-corrected chi connectivity index (χ3v) is 4.14. The van der Waals surface area contributed by atoms with Gasteiger partial charge in [0.15, 0.2) is 0 Å². The number of esters is 1. The summed E-state index contributed by atoms with van der Waals surface area (Å²) in [6.07, 6.45) is 22.7. The van der Waals surface area contributed by atoms with Gasteiger partial charge in [0.05, 0.1) is 7.11 Å². The summed E-state index contributed by atoms with van der Waals surface area (Å²) in [7, 11) is 1.45. The predicted octanol–water partition coefficient (Wildman–Crippen LogP) is 6.74. The van der Waals surface area contributed by atoms with Crippen molar-refractivity contribution >= 4 is 5.97 Å². The molecule has 23 heavy (non-hydrogen) atoms. The van der Waals surface area contributed by atoms with Gasteiger partial charge in [0.2, 0.25) is 0 Å². The fourth-order valence-corrected chi connectivity index (χ4v) is 2.60. The van der Waals surface area contributed by atoms with E-state index in [1.54, 1.807) is 0 Å². The number of unbranched alkanes of at least 4 members (excludes halogenated alkanes) is 12. The van der Waals surface area contributed by atoms with Crippen LogP contribution in [-0.4, -0.2) is 13.1 Å². The van der Waals surface area contributed by atoms with Crippen LogP contribution in [0.3, 0.4) is 0 Å². The second-order valence-corrected chi connectivity index (χ2v) is 6.37. The molecule has 0 saturated heterocycles. The Balaban J connectivity index is 3.22. The maximum absolute atomic E-state index is 10.9. The summed E-state index contributed by atoms with van der Waals surface area (Å²) in [5.74, 6) is -0.0891. The van der Waals surface area contributed by atoms with Gasteiger partial charge < -0.3 is 4.74 Å². The number of allylic oxidation sites excluding steroid dienone is 1.